The molecule has 0 rings (SSSR count). The Morgan fingerprint density at radius 2 is 1.42 bits per heavy atom. The lowest BCUT2D eigenvalue weighted by Crippen LogP contribution is -2.52. The zero-order valence-corrected chi connectivity index (χ0v) is 20.0. The second-order valence-electron chi connectivity index (χ2n) is 8.21. The molecule has 33 heavy (non-hydrogen) atoms. The summed E-state index contributed by atoms with van der Waals surface area (Å²) in [7, 11) is 3.18. The molecule has 1 amide bonds. The normalized spacial score (nSPS) is 15.5. The van der Waals surface area contributed by atoms with Crippen LogP contribution in [-0.2, 0) is 4.79 Å². The summed E-state index contributed by atoms with van der Waals surface area (Å²) in [6.45, 7) is 1.31. The molecule has 4 atom stereocenters. The van der Waals surface area contributed by atoms with E-state index in [1.807, 2.05) is 7.05 Å². The third kappa shape index (κ3) is 14.1. The highest BCUT2D eigenvalue weighted by molar-refractivity contribution is 5.87. The number of hydrogen-bond acceptors (Lipinski definition) is 9. The number of aliphatic imine (C=N–C) groups is 1. The van der Waals surface area contributed by atoms with Crippen LogP contribution in [0.5, 0.6) is 0 Å². The highest BCUT2D eigenvalue weighted by Crippen LogP contribution is 2.10. The first-order valence-electron chi connectivity index (χ1n) is 11.7. The van der Waals surface area contributed by atoms with E-state index < -0.39 is 30.3 Å². The molecule has 0 aromatic carbocycles. The van der Waals surface area contributed by atoms with Gasteiger partial charge in [0.05, 0.1) is 5.84 Å². The fraction of sp³-hybridized carbons (Fsp3) is 0.818. The topological polar surface area (TPSA) is 208 Å². The lowest BCUT2D eigenvalue weighted by Gasteiger charge is -2.26. The SMILES string of the molecule is CNCCCC(=N)CCCCCCC(N)=NCCCC(=N)[C@H](O)[C@@H](O)[C@@H](O)[C@H](O)C(=O)NC. The van der Waals surface area contributed by atoms with E-state index in [1.165, 1.54) is 7.05 Å². The average Bonchev–Trinajstić information content (AvgIpc) is 2.81. The van der Waals surface area contributed by atoms with Gasteiger partial charge in [0, 0.05) is 31.4 Å². The van der Waals surface area contributed by atoms with Gasteiger partial charge in [0.15, 0.2) is 6.10 Å². The van der Waals surface area contributed by atoms with Gasteiger partial charge in [-0.05, 0) is 58.5 Å². The molecule has 0 aromatic heterocycles. The van der Waals surface area contributed by atoms with Crippen molar-refractivity contribution in [3.63, 3.8) is 0 Å². The van der Waals surface area contributed by atoms with Gasteiger partial charge in [-0.2, -0.15) is 0 Å². The van der Waals surface area contributed by atoms with Gasteiger partial charge < -0.3 is 47.6 Å². The van der Waals surface area contributed by atoms with Crippen LogP contribution < -0.4 is 16.4 Å². The molecule has 10 N–H and O–H groups in total. The lowest BCUT2D eigenvalue weighted by molar-refractivity contribution is -0.143. The molecule has 11 heteroatoms. The zero-order chi connectivity index (χ0) is 25.2. The monoisotopic (exact) mass is 472 g/mol. The first-order valence-corrected chi connectivity index (χ1v) is 11.7. The molecule has 11 nitrogen and oxygen atoms in total. The number of aliphatic hydroxyl groups is 4. The Kier molecular flexibility index (Phi) is 17.4. The number of rotatable bonds is 20. The van der Waals surface area contributed by atoms with Crippen molar-refractivity contribution in [2.24, 2.45) is 10.7 Å². The van der Waals surface area contributed by atoms with Crippen molar-refractivity contribution < 1.29 is 25.2 Å². The van der Waals surface area contributed by atoms with Crippen LogP contribution in [0, 0.1) is 10.8 Å². The van der Waals surface area contributed by atoms with Crippen molar-refractivity contribution in [2.45, 2.75) is 88.6 Å². The molecular formula is C22H44N6O5. The van der Waals surface area contributed by atoms with Gasteiger partial charge in [-0.15, -0.1) is 0 Å². The van der Waals surface area contributed by atoms with Crippen LogP contribution in [0.25, 0.3) is 0 Å². The number of amides is 1. The van der Waals surface area contributed by atoms with Gasteiger partial charge in [0.25, 0.3) is 5.91 Å². The molecule has 0 aliphatic rings. The van der Waals surface area contributed by atoms with E-state index in [0.717, 1.165) is 57.2 Å². The zero-order valence-electron chi connectivity index (χ0n) is 20.0. The van der Waals surface area contributed by atoms with Gasteiger partial charge in [0.1, 0.15) is 18.3 Å². The Labute approximate surface area is 196 Å². The summed E-state index contributed by atoms with van der Waals surface area (Å²) >= 11 is 0. The molecule has 0 unspecified atom stereocenters. The second-order valence-corrected chi connectivity index (χ2v) is 8.21. The third-order valence-electron chi connectivity index (χ3n) is 5.35. The molecule has 192 valence electrons. The van der Waals surface area contributed by atoms with Crippen LogP contribution in [-0.4, -0.2) is 95.2 Å². The van der Waals surface area contributed by atoms with E-state index in [0.29, 0.717) is 25.2 Å². The van der Waals surface area contributed by atoms with Gasteiger partial charge in [-0.3, -0.25) is 9.79 Å². The maximum absolute atomic E-state index is 11.3. The van der Waals surface area contributed by atoms with E-state index in [2.05, 4.69) is 15.6 Å². The molecule has 0 saturated carbocycles. The van der Waals surface area contributed by atoms with E-state index >= 15 is 0 Å². The van der Waals surface area contributed by atoms with Crippen LogP contribution in [0.15, 0.2) is 4.99 Å². The number of nitrogens with zero attached hydrogens (tertiary/aromatic N) is 1. The summed E-state index contributed by atoms with van der Waals surface area (Å²) in [6, 6.07) is 0. The number of likely N-dealkylation sites (N-methyl/N-ethyl adjacent to an activating group) is 1. The van der Waals surface area contributed by atoms with Crippen molar-refractivity contribution in [1.29, 1.82) is 10.8 Å². The molecule has 0 aliphatic heterocycles. The van der Waals surface area contributed by atoms with Crippen molar-refractivity contribution in [3.05, 3.63) is 0 Å². The summed E-state index contributed by atoms with van der Waals surface area (Å²) in [5, 5.41) is 60.2. The Morgan fingerprint density at radius 1 is 0.848 bits per heavy atom. The number of carbonyl (C=O) groups excluding carboxylic acids is 1. The smallest absolute Gasteiger partial charge is 0.251 e. The molecule has 0 bridgehead atoms. The largest absolute Gasteiger partial charge is 0.387 e. The van der Waals surface area contributed by atoms with E-state index in [4.69, 9.17) is 16.6 Å². The van der Waals surface area contributed by atoms with Crippen LogP contribution in [0.4, 0.5) is 0 Å². The van der Waals surface area contributed by atoms with Crippen LogP contribution >= 0.6 is 0 Å². The van der Waals surface area contributed by atoms with Crippen LogP contribution in [0.1, 0.15) is 64.2 Å². The van der Waals surface area contributed by atoms with Gasteiger partial charge in [0.2, 0.25) is 0 Å². The van der Waals surface area contributed by atoms with Gasteiger partial charge in [-0.1, -0.05) is 12.8 Å². The van der Waals surface area contributed by atoms with Gasteiger partial charge >= 0.3 is 0 Å². The summed E-state index contributed by atoms with van der Waals surface area (Å²) in [5.41, 5.74) is 6.50. The molecule has 0 fully saturated rings. The number of nitrogens with one attached hydrogen (secondary N) is 4. The van der Waals surface area contributed by atoms with Crippen LogP contribution in [0.2, 0.25) is 0 Å². The molecule has 0 radical (unpaired) electrons. The van der Waals surface area contributed by atoms with Crippen molar-refractivity contribution in [2.75, 3.05) is 27.2 Å². The number of hydrogen-bond donors (Lipinski definition) is 9. The van der Waals surface area contributed by atoms with E-state index in [1.54, 1.807) is 0 Å². The quantitative estimate of drug-likeness (QED) is 0.0655. The molecule has 0 heterocycles. The molecule has 0 spiro atoms. The Hall–Kier alpha value is -1.92. The minimum atomic E-state index is -1.92. The minimum Gasteiger partial charge on any atom is -0.387 e. The first-order chi connectivity index (χ1) is 15.6. The number of unbranched alkanes of at least 4 members (excludes halogenated alkanes) is 3. The first kappa shape index (κ1) is 31.1. The Bertz CT molecular complexity index is 616. The predicted octanol–water partition coefficient (Wildman–Crippen LogP) is -0.307. The summed E-state index contributed by atoms with van der Waals surface area (Å²) in [5.74, 6) is -0.365. The minimum absolute atomic E-state index is 0.123. The highest BCUT2D eigenvalue weighted by atomic mass is 16.4. The van der Waals surface area contributed by atoms with Crippen molar-refractivity contribution in [3.8, 4) is 0 Å². The summed E-state index contributed by atoms with van der Waals surface area (Å²) in [4.78, 5) is 15.6. The number of amidine groups is 1. The van der Waals surface area contributed by atoms with E-state index in [9.17, 15) is 25.2 Å². The lowest BCUT2D eigenvalue weighted by atomic mass is 9.97. The van der Waals surface area contributed by atoms with Crippen molar-refractivity contribution >= 4 is 23.2 Å². The van der Waals surface area contributed by atoms with Crippen LogP contribution in [0.3, 0.4) is 0 Å². The maximum atomic E-state index is 11.3. The number of aliphatic hydroxyl groups excluding tert-OH is 4. The Balaban J connectivity index is 4.01. The molecule has 0 aliphatic carbocycles. The van der Waals surface area contributed by atoms with Crippen molar-refractivity contribution in [1.82, 2.24) is 10.6 Å². The predicted molar refractivity (Wildman–Crippen MR) is 130 cm³/mol. The maximum Gasteiger partial charge on any atom is 0.251 e. The molecular weight excluding hydrogens is 428 g/mol. The number of carbonyl (C=O) groups is 1. The summed E-state index contributed by atoms with van der Waals surface area (Å²) < 4.78 is 0. The average molecular weight is 473 g/mol. The third-order valence-corrected chi connectivity index (χ3v) is 5.35. The summed E-state index contributed by atoms with van der Waals surface area (Å²) in [6.07, 6.45) is 0.560. The standard InChI is InChI=1S/C22H44N6O5/c1-26-13-7-10-15(23)9-5-3-4-6-12-17(25)28-14-8-11-16(24)18(29)19(30)20(31)21(32)22(33)27-2/h18-21,23-24,26,29-32H,3-14H2,1-2H3,(H2,25,28)(H,27,33)/t18-,19+,20+,21-/m0/s1. The molecule has 0 aromatic rings. The number of nitrogens with two attached hydrogens (primary N) is 1. The van der Waals surface area contributed by atoms with Gasteiger partial charge in [-0.25, -0.2) is 0 Å². The fourth-order valence-electron chi connectivity index (χ4n) is 3.20. The van der Waals surface area contributed by atoms with E-state index in [-0.39, 0.29) is 12.1 Å². The second kappa shape index (κ2) is 18.5. The fourth-order valence-corrected chi connectivity index (χ4v) is 3.20. The highest BCUT2D eigenvalue weighted by Gasteiger charge is 2.35. The molecule has 0 saturated heterocycles. The Morgan fingerprint density at radius 3 is 2.03 bits per heavy atom.